The van der Waals surface area contributed by atoms with Crippen LogP contribution in [0, 0.1) is 17.3 Å². The van der Waals surface area contributed by atoms with Crippen LogP contribution in [-0.4, -0.2) is 25.8 Å². The van der Waals surface area contributed by atoms with Gasteiger partial charge in [-0.15, -0.1) is 0 Å². The molecule has 238 valence electrons. The van der Waals surface area contributed by atoms with Crippen LogP contribution in [0.2, 0.25) is 0 Å². The van der Waals surface area contributed by atoms with Gasteiger partial charge in [0.05, 0.1) is 19.6 Å². The molecule has 1 aromatic carbocycles. The third kappa shape index (κ3) is 8.94. The number of rotatable bonds is 16. The number of ether oxygens (including phenoxy) is 2. The van der Waals surface area contributed by atoms with Gasteiger partial charge in [0, 0.05) is 11.1 Å². The molecule has 2 atom stereocenters. The molecule has 1 aliphatic carbocycles. The lowest BCUT2D eigenvalue weighted by atomic mass is 9.61. The predicted molar refractivity (Wildman–Crippen MR) is 184 cm³/mol. The molecular formula is C40H54O4. The third-order valence-corrected chi connectivity index (χ3v) is 8.46. The van der Waals surface area contributed by atoms with E-state index in [1.54, 1.807) is 19.2 Å². The molecule has 4 nitrogen and oxygen atoms in total. The maximum atomic E-state index is 15.2. The minimum Gasteiger partial charge on any atom is -0.499 e. The fourth-order valence-corrected chi connectivity index (χ4v) is 5.91. The normalized spacial score (nSPS) is 15.6. The van der Waals surface area contributed by atoms with E-state index in [4.69, 9.17) is 9.47 Å². The van der Waals surface area contributed by atoms with E-state index in [0.29, 0.717) is 47.5 Å². The van der Waals surface area contributed by atoms with Crippen LogP contribution in [0.3, 0.4) is 0 Å². The van der Waals surface area contributed by atoms with Gasteiger partial charge < -0.3 is 9.47 Å². The zero-order valence-electron chi connectivity index (χ0n) is 28.9. The smallest absolute Gasteiger partial charge is 0.200 e. The quantitative estimate of drug-likeness (QED) is 0.140. The summed E-state index contributed by atoms with van der Waals surface area (Å²) >= 11 is 0. The first-order valence-electron chi connectivity index (χ1n) is 15.6. The zero-order valence-corrected chi connectivity index (χ0v) is 28.9. The maximum absolute atomic E-state index is 15.2. The van der Waals surface area contributed by atoms with Crippen LogP contribution in [-0.2, 0) is 14.3 Å². The summed E-state index contributed by atoms with van der Waals surface area (Å²) in [6, 6.07) is 9.15. The van der Waals surface area contributed by atoms with Gasteiger partial charge >= 0.3 is 0 Å². The number of hydrogen-bond donors (Lipinski definition) is 0. The van der Waals surface area contributed by atoms with E-state index in [-0.39, 0.29) is 23.4 Å². The molecule has 0 aliphatic heterocycles. The summed E-state index contributed by atoms with van der Waals surface area (Å²) in [5.41, 5.74) is 5.67. The van der Waals surface area contributed by atoms with Crippen molar-refractivity contribution in [2.75, 3.05) is 14.2 Å². The number of ketones is 2. The lowest BCUT2D eigenvalue weighted by Crippen LogP contribution is -2.44. The Hall–Kier alpha value is -3.66. The second kappa shape index (κ2) is 16.4. The van der Waals surface area contributed by atoms with Crippen molar-refractivity contribution in [3.8, 4) is 0 Å². The molecule has 1 aromatic rings. The van der Waals surface area contributed by atoms with Crippen LogP contribution in [0.5, 0.6) is 0 Å². The van der Waals surface area contributed by atoms with Gasteiger partial charge in [0.1, 0.15) is 17.1 Å². The summed E-state index contributed by atoms with van der Waals surface area (Å²) in [5, 5.41) is 0. The fraction of sp³-hybridized carbons (Fsp3) is 0.450. The van der Waals surface area contributed by atoms with E-state index in [1.165, 1.54) is 18.3 Å². The summed E-state index contributed by atoms with van der Waals surface area (Å²) in [7, 11) is 3.10. The first kappa shape index (κ1) is 36.5. The van der Waals surface area contributed by atoms with Crippen molar-refractivity contribution in [1.29, 1.82) is 0 Å². The maximum Gasteiger partial charge on any atom is 0.200 e. The standard InChI is InChI=1S/C40H54O4/c1-26(2)18-21-32(29(7)8)24-40(25-33(30(9)10)22-19-27(3)4)38(42)34(23-20-28(5)6)37(43-11)35(39(40)44-12)36(41)31-16-14-13-15-17-31/h13-20,32-33H,7,9,21-25H2,1-6,8,10-12H3/t32-,33-/m1/s1. The molecule has 0 unspecified atom stereocenters. The summed E-state index contributed by atoms with van der Waals surface area (Å²) in [4.78, 5) is 29.7. The van der Waals surface area contributed by atoms with Crippen LogP contribution in [0.15, 0.2) is 112 Å². The van der Waals surface area contributed by atoms with E-state index in [2.05, 4.69) is 53.0 Å². The molecule has 0 bridgehead atoms. The van der Waals surface area contributed by atoms with Crippen LogP contribution >= 0.6 is 0 Å². The van der Waals surface area contributed by atoms with Crippen molar-refractivity contribution in [1.82, 2.24) is 0 Å². The molecule has 44 heavy (non-hydrogen) atoms. The molecule has 2 rings (SSSR count). The number of Topliss-reactive ketones (excluding diaryl/α,β-unsaturated/α-hetero) is 2. The van der Waals surface area contributed by atoms with Crippen LogP contribution in [0.25, 0.3) is 0 Å². The van der Waals surface area contributed by atoms with Crippen molar-refractivity contribution < 1.29 is 19.1 Å². The minimum absolute atomic E-state index is 0.0184. The lowest BCUT2D eigenvalue weighted by Gasteiger charge is -2.43. The number of hydrogen-bond acceptors (Lipinski definition) is 4. The molecule has 0 N–H and O–H groups in total. The van der Waals surface area contributed by atoms with Gasteiger partial charge in [0.2, 0.25) is 0 Å². The zero-order chi connectivity index (χ0) is 33.2. The summed E-state index contributed by atoms with van der Waals surface area (Å²) in [6.07, 6.45) is 9.16. The lowest BCUT2D eigenvalue weighted by molar-refractivity contribution is -0.127. The Kier molecular flexibility index (Phi) is 13.6. The Morgan fingerprint density at radius 1 is 0.773 bits per heavy atom. The van der Waals surface area contributed by atoms with E-state index in [0.717, 1.165) is 29.6 Å². The molecule has 0 aromatic heterocycles. The highest BCUT2D eigenvalue weighted by molar-refractivity contribution is 6.16. The molecule has 0 amide bonds. The SMILES string of the molecule is C=C(C)[C@H](CC=C(C)C)CC1(C[C@@H](CC=C(C)C)C(=C)C)C(=O)C(CC=C(C)C)=C(OC)C(C(=O)c2ccccc2)=C1OC. The molecule has 0 spiro atoms. The van der Waals surface area contributed by atoms with Crippen LogP contribution in [0.1, 0.15) is 97.9 Å². The Labute approximate surface area is 267 Å². The van der Waals surface area contributed by atoms with Crippen molar-refractivity contribution >= 4 is 11.6 Å². The van der Waals surface area contributed by atoms with Gasteiger partial charge in [-0.05, 0) is 99.3 Å². The Balaban J connectivity index is 3.09. The first-order valence-corrected chi connectivity index (χ1v) is 15.6. The molecular weight excluding hydrogens is 544 g/mol. The van der Waals surface area contributed by atoms with E-state index >= 15 is 4.79 Å². The number of allylic oxidation sites excluding steroid dienone is 11. The summed E-state index contributed by atoms with van der Waals surface area (Å²) < 4.78 is 12.2. The predicted octanol–water partition coefficient (Wildman–Crippen LogP) is 10.5. The summed E-state index contributed by atoms with van der Waals surface area (Å²) in [6.45, 7) is 25.1. The minimum atomic E-state index is -1.14. The highest BCUT2D eigenvalue weighted by Crippen LogP contribution is 2.53. The monoisotopic (exact) mass is 598 g/mol. The van der Waals surface area contributed by atoms with Crippen LogP contribution < -0.4 is 0 Å². The number of carbonyl (C=O) groups is 2. The molecule has 0 saturated heterocycles. The molecule has 1 aliphatic rings. The van der Waals surface area contributed by atoms with Crippen molar-refractivity contribution in [3.63, 3.8) is 0 Å². The van der Waals surface area contributed by atoms with Gasteiger partial charge in [-0.25, -0.2) is 0 Å². The molecule has 0 heterocycles. The van der Waals surface area contributed by atoms with E-state index < -0.39 is 5.41 Å². The molecule has 0 saturated carbocycles. The van der Waals surface area contributed by atoms with Gasteiger partial charge in [0.15, 0.2) is 11.6 Å². The molecule has 4 heteroatoms. The third-order valence-electron chi connectivity index (χ3n) is 8.46. The second-order valence-corrected chi connectivity index (χ2v) is 13.0. The van der Waals surface area contributed by atoms with Crippen molar-refractivity contribution in [2.24, 2.45) is 17.3 Å². The number of carbonyl (C=O) groups excluding carboxylic acids is 2. The van der Waals surface area contributed by atoms with Crippen molar-refractivity contribution in [3.05, 3.63) is 118 Å². The topological polar surface area (TPSA) is 52.6 Å². The summed E-state index contributed by atoms with van der Waals surface area (Å²) in [5.74, 6) is 0.353. The molecule has 0 fully saturated rings. The van der Waals surface area contributed by atoms with Gasteiger partial charge in [-0.3, -0.25) is 9.59 Å². The highest BCUT2D eigenvalue weighted by atomic mass is 16.5. The molecule has 0 radical (unpaired) electrons. The van der Waals surface area contributed by atoms with Gasteiger partial charge in [-0.2, -0.15) is 0 Å². The fourth-order valence-electron chi connectivity index (χ4n) is 5.91. The largest absolute Gasteiger partial charge is 0.499 e. The average molecular weight is 599 g/mol. The van der Waals surface area contributed by atoms with Gasteiger partial charge in [-0.1, -0.05) is 89.6 Å². The van der Waals surface area contributed by atoms with Gasteiger partial charge in [0.25, 0.3) is 0 Å². The van der Waals surface area contributed by atoms with Crippen molar-refractivity contribution in [2.45, 2.75) is 87.5 Å². The average Bonchev–Trinajstić information content (AvgIpc) is 2.96. The Bertz CT molecular complexity index is 1340. The first-order chi connectivity index (χ1) is 20.7. The van der Waals surface area contributed by atoms with E-state index in [9.17, 15) is 4.79 Å². The second-order valence-electron chi connectivity index (χ2n) is 13.0. The van der Waals surface area contributed by atoms with Crippen LogP contribution in [0.4, 0.5) is 0 Å². The number of benzene rings is 1. The number of methoxy groups -OCH3 is 2. The Morgan fingerprint density at radius 2 is 1.25 bits per heavy atom. The van der Waals surface area contributed by atoms with E-state index in [1.807, 2.05) is 52.0 Å². The Morgan fingerprint density at radius 3 is 1.64 bits per heavy atom. The highest BCUT2D eigenvalue weighted by Gasteiger charge is 2.53.